The first-order valence-electron chi connectivity index (χ1n) is 8.64. The second-order valence-electron chi connectivity index (χ2n) is 6.37. The van der Waals surface area contributed by atoms with Crippen molar-refractivity contribution < 1.29 is 24.4 Å². The van der Waals surface area contributed by atoms with E-state index in [9.17, 15) is 35.4 Å². The van der Waals surface area contributed by atoms with Crippen LogP contribution in [0.15, 0.2) is 12.1 Å². The maximum absolute atomic E-state index is 11.1. The van der Waals surface area contributed by atoms with E-state index in [0.717, 1.165) is 0 Å². The van der Waals surface area contributed by atoms with Crippen molar-refractivity contribution in [3.63, 3.8) is 0 Å². The first-order chi connectivity index (χ1) is 12.5. The van der Waals surface area contributed by atoms with Gasteiger partial charge >= 0.3 is 0 Å². The van der Waals surface area contributed by atoms with E-state index >= 15 is 0 Å². The number of benzene rings is 1. The minimum atomic E-state index is -1.46. The molecule has 0 saturated carbocycles. The average molecular weight is 386 g/mol. The van der Waals surface area contributed by atoms with Crippen molar-refractivity contribution in [2.24, 2.45) is 0 Å². The second-order valence-corrected chi connectivity index (χ2v) is 6.37. The lowest BCUT2D eigenvalue weighted by atomic mass is 10.2. The molecule has 11 heteroatoms. The zero-order valence-corrected chi connectivity index (χ0v) is 16.0. The van der Waals surface area contributed by atoms with Crippen LogP contribution in [-0.4, -0.2) is 45.9 Å². The van der Waals surface area contributed by atoms with Gasteiger partial charge < -0.3 is 9.59 Å². The molecular weight excluding hydrogens is 360 g/mol. The zero-order valence-electron chi connectivity index (χ0n) is 16.0. The van der Waals surface area contributed by atoms with Gasteiger partial charge in [-0.15, -0.1) is 0 Å². The van der Waals surface area contributed by atoms with Gasteiger partial charge in [-0.25, -0.2) is 0 Å². The van der Waals surface area contributed by atoms with Crippen LogP contribution in [0.5, 0.6) is 5.75 Å². The summed E-state index contributed by atoms with van der Waals surface area (Å²) in [5.41, 5.74) is -3.26. The molecule has 0 aromatic heterocycles. The smallest absolute Gasteiger partial charge is 0.283 e. The summed E-state index contributed by atoms with van der Waals surface area (Å²) in [6.45, 7) is 10.9. The Morgan fingerprint density at radius 2 is 1.11 bits per heavy atom. The van der Waals surface area contributed by atoms with Gasteiger partial charge in [-0.2, -0.15) is 0 Å². The summed E-state index contributed by atoms with van der Waals surface area (Å²) in [6.07, 6.45) is 3.95. The molecule has 0 atom stereocenters. The third-order valence-electron chi connectivity index (χ3n) is 3.93. The van der Waals surface area contributed by atoms with Crippen molar-refractivity contribution >= 4 is 17.1 Å². The Morgan fingerprint density at radius 3 is 1.33 bits per heavy atom. The Labute approximate surface area is 157 Å². The minimum Gasteiger partial charge on any atom is -0.863 e. The molecule has 0 aliphatic rings. The van der Waals surface area contributed by atoms with Gasteiger partial charge in [0.05, 0.1) is 59.3 Å². The van der Waals surface area contributed by atoms with E-state index in [1.807, 2.05) is 0 Å². The van der Waals surface area contributed by atoms with Crippen molar-refractivity contribution in [2.45, 2.75) is 40.0 Å². The number of nitrogens with zero attached hydrogens (tertiary/aromatic N) is 4. The Bertz CT molecular complexity index is 627. The first-order valence-corrected chi connectivity index (χ1v) is 8.64. The quantitative estimate of drug-likeness (QED) is 0.359. The maximum atomic E-state index is 11.1. The highest BCUT2D eigenvalue weighted by atomic mass is 16.6. The number of non-ortho nitro benzene ring substituents is 1. The summed E-state index contributed by atoms with van der Waals surface area (Å²) in [4.78, 5) is 27.5. The van der Waals surface area contributed by atoms with Crippen molar-refractivity contribution in [1.29, 1.82) is 0 Å². The predicted octanol–water partition coefficient (Wildman–Crippen LogP) is 3.15. The number of nitro groups is 3. The maximum Gasteiger partial charge on any atom is 0.283 e. The molecule has 0 fully saturated rings. The van der Waals surface area contributed by atoms with Crippen molar-refractivity contribution in [2.75, 3.05) is 26.7 Å². The normalized spacial score (nSPS) is 10.7. The molecule has 27 heavy (non-hydrogen) atoms. The minimum absolute atomic E-state index is 0.384. The lowest BCUT2D eigenvalue weighted by Gasteiger charge is -2.33. The highest BCUT2D eigenvalue weighted by Crippen LogP contribution is 2.36. The molecule has 0 amide bonds. The molecule has 11 nitrogen and oxygen atoms in total. The van der Waals surface area contributed by atoms with E-state index < -0.39 is 37.6 Å². The van der Waals surface area contributed by atoms with Crippen LogP contribution in [0.25, 0.3) is 0 Å². The molecule has 1 rings (SSSR count). The van der Waals surface area contributed by atoms with E-state index in [-0.39, 0.29) is 0 Å². The Kier molecular flexibility index (Phi) is 9.86. The first kappa shape index (κ1) is 24.2. The monoisotopic (exact) mass is 386 g/mol. The third kappa shape index (κ3) is 7.52. The molecule has 152 valence electrons. The zero-order chi connectivity index (χ0) is 21.2. The summed E-state index contributed by atoms with van der Waals surface area (Å²) >= 11 is 0. The predicted molar refractivity (Wildman–Crippen MR) is 97.5 cm³/mol. The van der Waals surface area contributed by atoms with E-state index in [1.165, 1.54) is 43.4 Å². The molecule has 1 aromatic carbocycles. The fourth-order valence-corrected chi connectivity index (χ4v) is 2.92. The van der Waals surface area contributed by atoms with Crippen molar-refractivity contribution in [1.82, 2.24) is 0 Å². The molecule has 0 aliphatic carbocycles. The summed E-state index contributed by atoms with van der Waals surface area (Å²) in [5.74, 6) is -1.46. The van der Waals surface area contributed by atoms with Crippen LogP contribution in [0.1, 0.15) is 40.0 Å². The molecule has 0 aliphatic heterocycles. The fraction of sp³-hybridized carbons (Fsp3) is 0.625. The molecule has 0 unspecified atom stereocenters. The number of hydrogen-bond acceptors (Lipinski definition) is 7. The van der Waals surface area contributed by atoms with Gasteiger partial charge in [0.2, 0.25) is 0 Å². The van der Waals surface area contributed by atoms with E-state index in [4.69, 9.17) is 0 Å². The van der Waals surface area contributed by atoms with Gasteiger partial charge in [0, 0.05) is 0 Å². The molecular formula is C16H26N4O7. The summed E-state index contributed by atoms with van der Waals surface area (Å²) in [5, 5.41) is 42.1. The number of rotatable bonds is 9. The van der Waals surface area contributed by atoms with Gasteiger partial charge in [-0.1, -0.05) is 20.8 Å². The van der Waals surface area contributed by atoms with Gasteiger partial charge in [-0.3, -0.25) is 30.3 Å². The van der Waals surface area contributed by atoms with Crippen molar-refractivity contribution in [3.05, 3.63) is 42.5 Å². The molecule has 0 spiro atoms. The average Bonchev–Trinajstić information content (AvgIpc) is 2.55. The molecule has 0 heterocycles. The second kappa shape index (κ2) is 11.0. The molecule has 0 saturated heterocycles. The van der Waals surface area contributed by atoms with Crippen molar-refractivity contribution in [3.8, 4) is 5.75 Å². The van der Waals surface area contributed by atoms with Gasteiger partial charge in [0.15, 0.2) is 0 Å². The molecule has 0 bridgehead atoms. The van der Waals surface area contributed by atoms with Crippen LogP contribution in [0.4, 0.5) is 17.1 Å². The van der Waals surface area contributed by atoms with Crippen LogP contribution < -0.4 is 5.11 Å². The molecule has 0 N–H and O–H groups in total. The van der Waals surface area contributed by atoms with E-state index in [0.29, 0.717) is 12.1 Å². The highest BCUT2D eigenvalue weighted by molar-refractivity contribution is 5.63. The standard InChI is InChI=1S/C10H24N.C6H3N3O7/c1-5-8-11(4,9-6-2)10-7-3;10-6-4(8(13)14)1-3(7(11)12)2-5(6)9(15)16/h5-10H2,1-4H3;1-2,10H/q+1;/p-1. The van der Waals surface area contributed by atoms with Crippen LogP contribution in [0.3, 0.4) is 0 Å². The van der Waals surface area contributed by atoms with Gasteiger partial charge in [0.1, 0.15) is 0 Å². The Hall–Kier alpha value is -2.82. The van der Waals surface area contributed by atoms with Crippen LogP contribution in [0, 0.1) is 30.3 Å². The van der Waals surface area contributed by atoms with Crippen LogP contribution >= 0.6 is 0 Å². The van der Waals surface area contributed by atoms with E-state index in [2.05, 4.69) is 27.8 Å². The lowest BCUT2D eigenvalue weighted by Crippen LogP contribution is -2.45. The van der Waals surface area contributed by atoms with Gasteiger partial charge in [0.25, 0.3) is 17.1 Å². The summed E-state index contributed by atoms with van der Waals surface area (Å²) < 4.78 is 1.28. The largest absolute Gasteiger partial charge is 0.863 e. The highest BCUT2D eigenvalue weighted by Gasteiger charge is 2.24. The van der Waals surface area contributed by atoms with Crippen LogP contribution in [0.2, 0.25) is 0 Å². The Balaban J connectivity index is 0.000000541. The molecule has 1 aromatic rings. The van der Waals surface area contributed by atoms with Crippen LogP contribution in [-0.2, 0) is 0 Å². The number of nitro benzene ring substituents is 3. The summed E-state index contributed by atoms with van der Waals surface area (Å²) in [7, 11) is 2.39. The number of quaternary nitrogens is 1. The summed E-state index contributed by atoms with van der Waals surface area (Å²) in [6, 6.07) is 0.769. The fourth-order valence-electron chi connectivity index (χ4n) is 2.92. The topological polar surface area (TPSA) is 152 Å². The lowest BCUT2D eigenvalue weighted by molar-refractivity contribution is -0.909. The SMILES string of the molecule is CCC[N+](C)(CCC)CCC.O=[N+]([O-])c1cc([N+](=O)[O-])c([O-])c([N+](=O)[O-])c1. The van der Waals surface area contributed by atoms with Gasteiger partial charge in [-0.05, 0) is 19.3 Å². The number of hydrogen-bond donors (Lipinski definition) is 0. The third-order valence-corrected chi connectivity index (χ3v) is 3.93. The Morgan fingerprint density at radius 1 is 0.778 bits per heavy atom. The van der Waals surface area contributed by atoms with E-state index in [1.54, 1.807) is 0 Å². The molecule has 0 radical (unpaired) electrons.